The molecule has 0 atom stereocenters. The summed E-state index contributed by atoms with van der Waals surface area (Å²) in [6.07, 6.45) is 2.29. The average Bonchev–Trinajstić information content (AvgIpc) is 2.19. The molecule has 0 aromatic heterocycles. The SMILES string of the molecule is CCCNCC(=O)N1CCC(O)CC1. The maximum Gasteiger partial charge on any atom is 0.236 e. The van der Waals surface area contributed by atoms with Crippen LogP contribution in [0.1, 0.15) is 26.2 Å². The van der Waals surface area contributed by atoms with Crippen LogP contribution in [0.15, 0.2) is 0 Å². The number of carbonyl (C=O) groups excluding carboxylic acids is 1. The maximum atomic E-state index is 11.6. The molecule has 1 aliphatic heterocycles. The first-order chi connectivity index (χ1) is 6.74. The Morgan fingerprint density at radius 3 is 2.71 bits per heavy atom. The van der Waals surface area contributed by atoms with Gasteiger partial charge in [0.05, 0.1) is 12.6 Å². The molecule has 0 aliphatic carbocycles. The second-order valence-corrected chi connectivity index (χ2v) is 3.79. The second kappa shape index (κ2) is 5.98. The molecule has 0 spiro atoms. The van der Waals surface area contributed by atoms with Crippen molar-refractivity contribution in [3.63, 3.8) is 0 Å². The molecule has 0 unspecified atom stereocenters. The molecule has 1 saturated heterocycles. The summed E-state index contributed by atoms with van der Waals surface area (Å²) in [6.45, 7) is 4.81. The third kappa shape index (κ3) is 3.64. The van der Waals surface area contributed by atoms with Crippen molar-refractivity contribution in [3.05, 3.63) is 0 Å². The zero-order valence-corrected chi connectivity index (χ0v) is 8.83. The van der Waals surface area contributed by atoms with Crippen LogP contribution >= 0.6 is 0 Å². The van der Waals surface area contributed by atoms with Gasteiger partial charge in [0.15, 0.2) is 0 Å². The fourth-order valence-corrected chi connectivity index (χ4v) is 1.60. The van der Waals surface area contributed by atoms with Gasteiger partial charge in [-0.1, -0.05) is 6.92 Å². The molecule has 0 radical (unpaired) electrons. The third-order valence-electron chi connectivity index (χ3n) is 2.52. The molecule has 0 saturated carbocycles. The number of likely N-dealkylation sites (tertiary alicyclic amines) is 1. The Kier molecular flexibility index (Phi) is 4.90. The van der Waals surface area contributed by atoms with E-state index in [2.05, 4.69) is 12.2 Å². The number of aliphatic hydroxyl groups excluding tert-OH is 1. The number of piperidine rings is 1. The lowest BCUT2D eigenvalue weighted by molar-refractivity contribution is -0.132. The van der Waals surface area contributed by atoms with E-state index in [1.165, 1.54) is 0 Å². The molecule has 0 aromatic rings. The number of nitrogens with zero attached hydrogens (tertiary/aromatic N) is 1. The fourth-order valence-electron chi connectivity index (χ4n) is 1.60. The Morgan fingerprint density at radius 1 is 1.50 bits per heavy atom. The molecule has 4 heteroatoms. The number of carbonyl (C=O) groups is 1. The lowest BCUT2D eigenvalue weighted by Gasteiger charge is -2.29. The van der Waals surface area contributed by atoms with E-state index in [0.29, 0.717) is 19.6 Å². The summed E-state index contributed by atoms with van der Waals surface area (Å²) < 4.78 is 0. The van der Waals surface area contributed by atoms with Crippen LogP contribution in [-0.4, -0.2) is 48.2 Å². The van der Waals surface area contributed by atoms with Crippen LogP contribution in [0.2, 0.25) is 0 Å². The van der Waals surface area contributed by atoms with E-state index >= 15 is 0 Å². The lowest BCUT2D eigenvalue weighted by atomic mass is 10.1. The summed E-state index contributed by atoms with van der Waals surface area (Å²) in [4.78, 5) is 13.4. The molecule has 1 amide bonds. The summed E-state index contributed by atoms with van der Waals surface area (Å²) in [5, 5.41) is 12.4. The van der Waals surface area contributed by atoms with Crippen molar-refractivity contribution in [2.45, 2.75) is 32.3 Å². The number of hydrogen-bond donors (Lipinski definition) is 2. The highest BCUT2D eigenvalue weighted by atomic mass is 16.3. The molecule has 1 aliphatic rings. The van der Waals surface area contributed by atoms with Gasteiger partial charge in [-0.3, -0.25) is 4.79 Å². The molecule has 14 heavy (non-hydrogen) atoms. The summed E-state index contributed by atoms with van der Waals surface area (Å²) in [5.41, 5.74) is 0. The van der Waals surface area contributed by atoms with Gasteiger partial charge in [-0.25, -0.2) is 0 Å². The number of amides is 1. The second-order valence-electron chi connectivity index (χ2n) is 3.79. The predicted molar refractivity (Wildman–Crippen MR) is 55.0 cm³/mol. The largest absolute Gasteiger partial charge is 0.393 e. The first kappa shape index (κ1) is 11.5. The van der Waals surface area contributed by atoms with Crippen LogP contribution in [-0.2, 0) is 4.79 Å². The zero-order valence-electron chi connectivity index (χ0n) is 8.83. The minimum absolute atomic E-state index is 0.158. The standard InChI is InChI=1S/C10H20N2O2/c1-2-5-11-8-10(14)12-6-3-9(13)4-7-12/h9,11,13H,2-8H2,1H3. The van der Waals surface area contributed by atoms with Gasteiger partial charge in [-0.2, -0.15) is 0 Å². The molecule has 1 heterocycles. The highest BCUT2D eigenvalue weighted by Gasteiger charge is 2.20. The molecule has 1 fully saturated rings. The summed E-state index contributed by atoms with van der Waals surface area (Å²) >= 11 is 0. The predicted octanol–water partition coefficient (Wildman–Crippen LogP) is -0.0307. The topological polar surface area (TPSA) is 52.6 Å². The molecule has 1 rings (SSSR count). The Bertz CT molecular complexity index is 177. The van der Waals surface area contributed by atoms with Gasteiger partial charge in [0.1, 0.15) is 0 Å². The lowest BCUT2D eigenvalue weighted by Crippen LogP contribution is -2.44. The van der Waals surface area contributed by atoms with Crippen molar-refractivity contribution in [2.75, 3.05) is 26.2 Å². The van der Waals surface area contributed by atoms with E-state index in [1.54, 1.807) is 0 Å². The fraction of sp³-hybridized carbons (Fsp3) is 0.900. The van der Waals surface area contributed by atoms with E-state index in [9.17, 15) is 9.90 Å². The molecule has 0 bridgehead atoms. The maximum absolute atomic E-state index is 11.6. The van der Waals surface area contributed by atoms with E-state index in [1.807, 2.05) is 4.90 Å². The molecular weight excluding hydrogens is 180 g/mol. The first-order valence-electron chi connectivity index (χ1n) is 5.40. The van der Waals surface area contributed by atoms with Crippen molar-refractivity contribution in [2.24, 2.45) is 0 Å². The molecule has 0 aromatic carbocycles. The van der Waals surface area contributed by atoms with Crippen molar-refractivity contribution in [1.29, 1.82) is 0 Å². The molecule has 82 valence electrons. The minimum Gasteiger partial charge on any atom is -0.393 e. The number of rotatable bonds is 4. The van der Waals surface area contributed by atoms with E-state index in [4.69, 9.17) is 0 Å². The number of aliphatic hydroxyl groups is 1. The molecule has 4 nitrogen and oxygen atoms in total. The van der Waals surface area contributed by atoms with Gasteiger partial charge in [0.25, 0.3) is 0 Å². The zero-order chi connectivity index (χ0) is 10.4. The first-order valence-corrected chi connectivity index (χ1v) is 5.40. The number of nitrogens with one attached hydrogen (secondary N) is 1. The monoisotopic (exact) mass is 200 g/mol. The van der Waals surface area contributed by atoms with Crippen LogP contribution < -0.4 is 5.32 Å². The van der Waals surface area contributed by atoms with Gasteiger partial charge in [-0.15, -0.1) is 0 Å². The van der Waals surface area contributed by atoms with Gasteiger partial charge in [0.2, 0.25) is 5.91 Å². The summed E-state index contributed by atoms with van der Waals surface area (Å²) in [7, 11) is 0. The van der Waals surface area contributed by atoms with E-state index in [0.717, 1.165) is 25.8 Å². The Morgan fingerprint density at radius 2 is 2.14 bits per heavy atom. The molecular formula is C10H20N2O2. The van der Waals surface area contributed by atoms with Gasteiger partial charge < -0.3 is 15.3 Å². The van der Waals surface area contributed by atoms with Crippen molar-refractivity contribution in [3.8, 4) is 0 Å². The van der Waals surface area contributed by atoms with Crippen LogP contribution in [0, 0.1) is 0 Å². The van der Waals surface area contributed by atoms with Crippen LogP contribution in [0.5, 0.6) is 0 Å². The van der Waals surface area contributed by atoms with Crippen LogP contribution in [0.4, 0.5) is 0 Å². The highest BCUT2D eigenvalue weighted by molar-refractivity contribution is 5.78. The third-order valence-corrected chi connectivity index (χ3v) is 2.52. The van der Waals surface area contributed by atoms with Gasteiger partial charge >= 0.3 is 0 Å². The summed E-state index contributed by atoms with van der Waals surface area (Å²) in [5.74, 6) is 0.158. The normalized spacial score (nSPS) is 18.6. The number of hydrogen-bond acceptors (Lipinski definition) is 3. The Hall–Kier alpha value is -0.610. The highest BCUT2D eigenvalue weighted by Crippen LogP contribution is 2.09. The van der Waals surface area contributed by atoms with Crippen molar-refractivity contribution >= 4 is 5.91 Å². The van der Waals surface area contributed by atoms with Crippen molar-refractivity contribution < 1.29 is 9.90 Å². The Balaban J connectivity index is 2.17. The minimum atomic E-state index is -0.206. The smallest absolute Gasteiger partial charge is 0.236 e. The molecule has 2 N–H and O–H groups in total. The van der Waals surface area contributed by atoms with Crippen LogP contribution in [0.3, 0.4) is 0 Å². The average molecular weight is 200 g/mol. The van der Waals surface area contributed by atoms with Crippen LogP contribution in [0.25, 0.3) is 0 Å². The van der Waals surface area contributed by atoms with Gasteiger partial charge in [-0.05, 0) is 25.8 Å². The quantitative estimate of drug-likeness (QED) is 0.627. The Labute approximate surface area is 85.3 Å². The van der Waals surface area contributed by atoms with Gasteiger partial charge in [0, 0.05) is 13.1 Å². The van der Waals surface area contributed by atoms with E-state index in [-0.39, 0.29) is 12.0 Å². The van der Waals surface area contributed by atoms with E-state index < -0.39 is 0 Å². The van der Waals surface area contributed by atoms with Crippen molar-refractivity contribution in [1.82, 2.24) is 10.2 Å². The summed E-state index contributed by atoms with van der Waals surface area (Å²) in [6, 6.07) is 0.